The van der Waals surface area contributed by atoms with Crippen LogP contribution in [0.4, 0.5) is 5.82 Å². The Morgan fingerprint density at radius 1 is 0.825 bits per heavy atom. The summed E-state index contributed by atoms with van der Waals surface area (Å²) in [5, 5.41) is 26.4. The first-order valence-corrected chi connectivity index (χ1v) is 21.8. The Morgan fingerprint density at radius 2 is 1.37 bits per heavy atom. The van der Waals surface area contributed by atoms with Crippen molar-refractivity contribution in [1.82, 2.24) is 19.5 Å². The van der Waals surface area contributed by atoms with Gasteiger partial charge in [0.1, 0.15) is 40.9 Å². The molecule has 13 heteroatoms. The van der Waals surface area contributed by atoms with Gasteiger partial charge in [-0.25, -0.2) is 15.0 Å². The Balaban J connectivity index is 1.32. The fraction of sp³-hybridized carbons (Fsp3) is 0.318. The summed E-state index contributed by atoms with van der Waals surface area (Å²) >= 11 is 0. The lowest BCUT2D eigenvalue weighted by atomic mass is 9.80. The summed E-state index contributed by atoms with van der Waals surface area (Å²) < 4.78 is 26.8. The van der Waals surface area contributed by atoms with Gasteiger partial charge < -0.3 is 34.5 Å². The highest BCUT2D eigenvalue weighted by molar-refractivity contribution is 6.83. The number of imidazole rings is 1. The van der Waals surface area contributed by atoms with E-state index in [2.05, 4.69) is 54.1 Å². The van der Waals surface area contributed by atoms with Gasteiger partial charge in [-0.05, 0) is 58.1 Å². The number of hydrogen-bond donors (Lipinski definition) is 3. The van der Waals surface area contributed by atoms with Crippen LogP contribution in [0.2, 0.25) is 18.1 Å². The maximum Gasteiger partial charge on any atom is 0.256 e. The molecule has 0 saturated carbocycles. The summed E-state index contributed by atoms with van der Waals surface area (Å²) in [6, 6.07) is 34.1. The molecule has 1 amide bonds. The standard InChI is InChI=1S/C44H49N5O7Si/c1-42(2,3)57(6,7)44(52)35(56-41(37(44)50)49-28-47-36-38(45-27-46-39(36)49)48-40(51)29-14-10-8-11-15-29)26-55-43(30-16-12-9-13-17-30,31-18-22-33(53-4)23-19-31)32-20-24-34(54-5)25-21-32/h8-25,27-28,35,37,41,50,52H,26H2,1-7H3,(H,45,46,48,51)/t35-,37+,41-,44+/m1/s1. The zero-order valence-corrected chi connectivity index (χ0v) is 34.2. The van der Waals surface area contributed by atoms with E-state index in [1.54, 1.807) is 43.1 Å². The number of nitrogens with one attached hydrogen (secondary N) is 1. The lowest BCUT2D eigenvalue weighted by molar-refractivity contribution is -0.103. The largest absolute Gasteiger partial charge is 0.497 e. The smallest absolute Gasteiger partial charge is 0.256 e. The summed E-state index contributed by atoms with van der Waals surface area (Å²) in [6.07, 6.45) is -0.752. The molecule has 0 aliphatic carbocycles. The monoisotopic (exact) mass is 787 g/mol. The number of aliphatic hydroxyl groups excluding tert-OH is 1. The quantitative estimate of drug-likeness (QED) is 0.0863. The Hall–Kier alpha value is -5.44. The van der Waals surface area contributed by atoms with Crippen molar-refractivity contribution >= 4 is 31.0 Å². The number of nitrogens with zero attached hydrogens (tertiary/aromatic N) is 4. The molecule has 6 aromatic rings. The van der Waals surface area contributed by atoms with Gasteiger partial charge in [-0.2, -0.15) is 0 Å². The van der Waals surface area contributed by atoms with Gasteiger partial charge >= 0.3 is 0 Å². The van der Waals surface area contributed by atoms with Gasteiger partial charge in [-0.3, -0.25) is 9.36 Å². The Labute approximate surface area is 333 Å². The highest BCUT2D eigenvalue weighted by atomic mass is 28.3. The molecule has 0 radical (unpaired) electrons. The summed E-state index contributed by atoms with van der Waals surface area (Å²) in [7, 11) is 0.316. The summed E-state index contributed by atoms with van der Waals surface area (Å²) in [5.41, 5.74) is 2.33. The van der Waals surface area contributed by atoms with E-state index in [0.29, 0.717) is 28.2 Å². The number of rotatable bonds is 12. The Kier molecular flexibility index (Phi) is 10.8. The topological polar surface area (TPSA) is 150 Å². The first-order chi connectivity index (χ1) is 27.3. The molecule has 3 heterocycles. The lowest BCUT2D eigenvalue weighted by Crippen LogP contribution is -2.69. The van der Waals surface area contributed by atoms with E-state index >= 15 is 0 Å². The van der Waals surface area contributed by atoms with Gasteiger partial charge in [0.15, 0.2) is 23.2 Å². The minimum absolute atomic E-state index is 0.122. The first kappa shape index (κ1) is 39.8. The summed E-state index contributed by atoms with van der Waals surface area (Å²) in [6.45, 7) is 10.3. The maximum absolute atomic E-state index is 13.2. The second-order valence-corrected chi connectivity index (χ2v) is 21.4. The highest BCUT2D eigenvalue weighted by Crippen LogP contribution is 2.53. The SMILES string of the molecule is COc1ccc(C(OC[C@H]2O[C@@H](n3cnc4c(NC(=O)c5ccccc5)ncnc43)[C@H](O)[C@@]2(O)[Si](C)(C)C(C)(C)C)(c2ccccc2)c2ccc(OC)cc2)cc1. The van der Waals surface area contributed by atoms with Crippen molar-refractivity contribution < 1.29 is 34.0 Å². The van der Waals surface area contributed by atoms with Crippen LogP contribution in [0.25, 0.3) is 11.2 Å². The molecule has 1 aliphatic heterocycles. The molecule has 1 fully saturated rings. The second kappa shape index (κ2) is 15.5. The molecule has 1 saturated heterocycles. The van der Waals surface area contributed by atoms with Crippen LogP contribution in [0.1, 0.15) is 54.0 Å². The van der Waals surface area contributed by atoms with Gasteiger partial charge in [0.2, 0.25) is 0 Å². The van der Waals surface area contributed by atoms with Crippen molar-refractivity contribution in [2.45, 2.75) is 68.2 Å². The van der Waals surface area contributed by atoms with Crippen LogP contribution in [0, 0.1) is 0 Å². The van der Waals surface area contributed by atoms with Gasteiger partial charge in [-0.1, -0.05) is 107 Å². The van der Waals surface area contributed by atoms with E-state index in [0.717, 1.165) is 16.7 Å². The molecule has 12 nitrogen and oxygen atoms in total. The summed E-state index contributed by atoms with van der Waals surface area (Å²) in [4.78, 5) is 26.5. The van der Waals surface area contributed by atoms with Crippen molar-refractivity contribution in [1.29, 1.82) is 0 Å². The van der Waals surface area contributed by atoms with Gasteiger partial charge in [-0.15, -0.1) is 0 Å². The molecule has 57 heavy (non-hydrogen) atoms. The third-order valence-corrected chi connectivity index (χ3v) is 18.3. The molecule has 3 N–H and O–H groups in total. The Morgan fingerprint density at radius 3 is 1.91 bits per heavy atom. The molecule has 2 aromatic heterocycles. The molecule has 4 aromatic carbocycles. The van der Waals surface area contributed by atoms with E-state index in [1.807, 2.05) is 84.9 Å². The number of methoxy groups -OCH3 is 2. The van der Waals surface area contributed by atoms with Crippen molar-refractivity contribution in [3.8, 4) is 11.5 Å². The molecule has 1 aliphatic rings. The normalized spacial score (nSPS) is 20.1. The van der Waals surface area contributed by atoms with E-state index in [4.69, 9.17) is 18.9 Å². The fourth-order valence-corrected chi connectivity index (χ4v) is 10.7. The van der Waals surface area contributed by atoms with Gasteiger partial charge in [0.05, 0.1) is 35.2 Å². The number of fused-ring (bicyclic) bond motifs is 1. The number of aliphatic hydroxyl groups is 2. The van der Waals surface area contributed by atoms with E-state index in [9.17, 15) is 15.0 Å². The number of carbonyl (C=O) groups is 1. The second-order valence-electron chi connectivity index (χ2n) is 15.8. The third-order valence-electron chi connectivity index (χ3n) is 11.9. The minimum Gasteiger partial charge on any atom is -0.497 e. The third kappa shape index (κ3) is 6.89. The van der Waals surface area contributed by atoms with E-state index in [-0.39, 0.29) is 18.3 Å². The summed E-state index contributed by atoms with van der Waals surface area (Å²) in [5.74, 6) is 1.22. The number of hydrogen-bond acceptors (Lipinski definition) is 10. The molecular weight excluding hydrogens is 739 g/mol. The van der Waals surface area contributed by atoms with Gasteiger partial charge in [0, 0.05) is 5.56 Å². The van der Waals surface area contributed by atoms with Gasteiger partial charge in [0.25, 0.3) is 5.91 Å². The van der Waals surface area contributed by atoms with Crippen LogP contribution in [-0.4, -0.2) is 82.0 Å². The van der Waals surface area contributed by atoms with Crippen molar-refractivity contribution in [2.24, 2.45) is 0 Å². The molecule has 0 bridgehead atoms. The molecule has 0 unspecified atom stereocenters. The average Bonchev–Trinajstić information content (AvgIpc) is 3.77. The molecule has 4 atom stereocenters. The van der Waals surface area contributed by atoms with Crippen LogP contribution in [0.15, 0.2) is 122 Å². The zero-order chi connectivity index (χ0) is 40.6. The van der Waals surface area contributed by atoms with Crippen LogP contribution >= 0.6 is 0 Å². The number of amides is 1. The number of aromatic nitrogens is 4. The number of benzene rings is 4. The molecule has 296 valence electrons. The number of ether oxygens (including phenoxy) is 4. The van der Waals surface area contributed by atoms with Crippen LogP contribution in [0.3, 0.4) is 0 Å². The average molecular weight is 788 g/mol. The fourth-order valence-electron chi connectivity index (χ4n) is 7.69. The van der Waals surface area contributed by atoms with Crippen LogP contribution in [-0.2, 0) is 15.1 Å². The highest BCUT2D eigenvalue weighted by Gasteiger charge is 2.67. The van der Waals surface area contributed by atoms with E-state index in [1.165, 1.54) is 12.7 Å². The molecular formula is C44H49N5O7Si. The first-order valence-electron chi connectivity index (χ1n) is 18.8. The lowest BCUT2D eigenvalue weighted by Gasteiger charge is -2.50. The number of anilines is 1. The minimum atomic E-state index is -2.93. The predicted molar refractivity (Wildman–Crippen MR) is 220 cm³/mol. The zero-order valence-electron chi connectivity index (χ0n) is 33.2. The number of carbonyl (C=O) groups excluding carboxylic acids is 1. The van der Waals surface area contributed by atoms with Crippen LogP contribution < -0.4 is 14.8 Å². The van der Waals surface area contributed by atoms with Crippen LogP contribution in [0.5, 0.6) is 11.5 Å². The molecule has 7 rings (SSSR count). The molecule has 0 spiro atoms. The van der Waals surface area contributed by atoms with E-state index < -0.39 is 42.4 Å². The van der Waals surface area contributed by atoms with Crippen molar-refractivity contribution in [2.75, 3.05) is 26.1 Å². The van der Waals surface area contributed by atoms with Crippen molar-refractivity contribution in [3.05, 3.63) is 144 Å². The predicted octanol–water partition coefficient (Wildman–Crippen LogP) is 7.14. The Bertz CT molecular complexity index is 2270. The van der Waals surface area contributed by atoms with Crippen molar-refractivity contribution in [3.63, 3.8) is 0 Å². The maximum atomic E-state index is 13.2.